The summed E-state index contributed by atoms with van der Waals surface area (Å²) in [6.07, 6.45) is 1.24. The number of rotatable bonds is 4. The second-order valence-corrected chi connectivity index (χ2v) is 6.94. The van der Waals surface area contributed by atoms with Gasteiger partial charge in [-0.2, -0.15) is 0 Å². The first-order valence-electron chi connectivity index (χ1n) is 9.40. The Morgan fingerprint density at radius 1 is 1.14 bits per heavy atom. The average molecular weight is 387 g/mol. The van der Waals surface area contributed by atoms with Crippen molar-refractivity contribution < 1.29 is 18.4 Å². The summed E-state index contributed by atoms with van der Waals surface area (Å²) in [5.41, 5.74) is 2.00. The predicted octanol–water partition coefficient (Wildman–Crippen LogP) is 3.44. The zero-order valence-corrected chi connectivity index (χ0v) is 16.0. The number of pyridine rings is 1. The third-order valence-corrected chi connectivity index (χ3v) is 4.98. The van der Waals surface area contributed by atoms with Gasteiger partial charge in [-0.25, -0.2) is 8.78 Å². The quantitative estimate of drug-likeness (QED) is 0.874. The third kappa shape index (κ3) is 4.18. The first-order valence-corrected chi connectivity index (χ1v) is 9.40. The molecule has 0 bridgehead atoms. The minimum atomic E-state index is -0.856. The fourth-order valence-corrected chi connectivity index (χ4v) is 3.53. The number of carbonyl (C=O) groups is 2. The SMILES string of the molecule is CCNC(=O)c1ccc(C)nc1C1CCN(C(=O)c2ccc(F)cc2F)CC1. The molecule has 1 saturated heterocycles. The van der Waals surface area contributed by atoms with Crippen LogP contribution in [0.25, 0.3) is 0 Å². The van der Waals surface area contributed by atoms with Crippen LogP contribution < -0.4 is 5.32 Å². The van der Waals surface area contributed by atoms with Gasteiger partial charge < -0.3 is 10.2 Å². The number of hydrogen-bond acceptors (Lipinski definition) is 3. The molecule has 0 atom stereocenters. The summed E-state index contributed by atoms with van der Waals surface area (Å²) in [4.78, 5) is 31.1. The summed E-state index contributed by atoms with van der Waals surface area (Å²) in [5, 5.41) is 2.80. The van der Waals surface area contributed by atoms with E-state index < -0.39 is 17.5 Å². The van der Waals surface area contributed by atoms with Gasteiger partial charge in [-0.1, -0.05) is 0 Å². The van der Waals surface area contributed by atoms with Gasteiger partial charge in [0.1, 0.15) is 11.6 Å². The van der Waals surface area contributed by atoms with Gasteiger partial charge in [0, 0.05) is 37.3 Å². The van der Waals surface area contributed by atoms with Crippen LogP contribution >= 0.6 is 0 Å². The number of benzene rings is 1. The fourth-order valence-electron chi connectivity index (χ4n) is 3.53. The van der Waals surface area contributed by atoms with Crippen LogP contribution in [0.3, 0.4) is 0 Å². The van der Waals surface area contributed by atoms with Gasteiger partial charge in [-0.3, -0.25) is 14.6 Å². The van der Waals surface area contributed by atoms with Crippen molar-refractivity contribution in [2.24, 2.45) is 0 Å². The molecule has 0 spiro atoms. The van der Waals surface area contributed by atoms with E-state index in [9.17, 15) is 18.4 Å². The Balaban J connectivity index is 1.74. The Kier molecular flexibility index (Phi) is 6.02. The largest absolute Gasteiger partial charge is 0.352 e. The van der Waals surface area contributed by atoms with Crippen molar-refractivity contribution in [1.29, 1.82) is 0 Å². The van der Waals surface area contributed by atoms with Crippen molar-refractivity contribution in [3.63, 3.8) is 0 Å². The average Bonchev–Trinajstić information content (AvgIpc) is 2.68. The number of halogens is 2. The van der Waals surface area contributed by atoms with E-state index >= 15 is 0 Å². The molecule has 5 nitrogen and oxygen atoms in total. The molecule has 0 unspecified atom stereocenters. The molecule has 28 heavy (non-hydrogen) atoms. The molecule has 1 aliphatic heterocycles. The summed E-state index contributed by atoms with van der Waals surface area (Å²) < 4.78 is 27.0. The van der Waals surface area contributed by atoms with Crippen LogP contribution in [-0.4, -0.2) is 41.3 Å². The third-order valence-electron chi connectivity index (χ3n) is 4.98. The van der Waals surface area contributed by atoms with Crippen LogP contribution in [0.5, 0.6) is 0 Å². The minimum absolute atomic E-state index is 0.0413. The molecular weight excluding hydrogens is 364 g/mol. The lowest BCUT2D eigenvalue weighted by molar-refractivity contribution is 0.0705. The maximum atomic E-state index is 13.9. The second kappa shape index (κ2) is 8.46. The molecule has 0 saturated carbocycles. The van der Waals surface area contributed by atoms with E-state index in [1.165, 1.54) is 6.07 Å². The zero-order valence-electron chi connectivity index (χ0n) is 16.0. The van der Waals surface area contributed by atoms with Crippen LogP contribution in [-0.2, 0) is 0 Å². The lowest BCUT2D eigenvalue weighted by Gasteiger charge is -2.32. The van der Waals surface area contributed by atoms with Gasteiger partial charge in [-0.15, -0.1) is 0 Å². The molecule has 2 amide bonds. The van der Waals surface area contributed by atoms with Crippen LogP contribution in [0, 0.1) is 18.6 Å². The van der Waals surface area contributed by atoms with Gasteiger partial charge in [-0.05, 0) is 51.0 Å². The second-order valence-electron chi connectivity index (χ2n) is 6.94. The molecule has 2 aromatic rings. The van der Waals surface area contributed by atoms with Crippen molar-refractivity contribution in [2.75, 3.05) is 19.6 Å². The maximum Gasteiger partial charge on any atom is 0.256 e. The van der Waals surface area contributed by atoms with Crippen molar-refractivity contribution in [3.05, 3.63) is 64.5 Å². The van der Waals surface area contributed by atoms with Crippen LogP contribution in [0.1, 0.15) is 57.8 Å². The van der Waals surface area contributed by atoms with Gasteiger partial charge in [0.2, 0.25) is 0 Å². The molecule has 1 N–H and O–H groups in total. The number of aryl methyl sites for hydroxylation is 1. The molecule has 1 aromatic heterocycles. The first kappa shape index (κ1) is 19.9. The minimum Gasteiger partial charge on any atom is -0.352 e. The number of piperidine rings is 1. The first-order chi connectivity index (χ1) is 13.4. The predicted molar refractivity (Wildman–Crippen MR) is 101 cm³/mol. The van der Waals surface area contributed by atoms with E-state index in [-0.39, 0.29) is 17.4 Å². The van der Waals surface area contributed by atoms with E-state index in [1.807, 2.05) is 19.9 Å². The van der Waals surface area contributed by atoms with Crippen molar-refractivity contribution in [2.45, 2.75) is 32.6 Å². The van der Waals surface area contributed by atoms with E-state index in [0.29, 0.717) is 38.0 Å². The van der Waals surface area contributed by atoms with Gasteiger partial charge in [0.05, 0.1) is 16.8 Å². The Hall–Kier alpha value is -2.83. The van der Waals surface area contributed by atoms with Crippen LogP contribution in [0.2, 0.25) is 0 Å². The Bertz CT molecular complexity index is 893. The van der Waals surface area contributed by atoms with Crippen LogP contribution in [0.4, 0.5) is 8.78 Å². The molecule has 1 fully saturated rings. The molecule has 1 aliphatic rings. The normalized spacial score (nSPS) is 14.8. The lowest BCUT2D eigenvalue weighted by atomic mass is 9.89. The number of amides is 2. The number of carbonyl (C=O) groups excluding carboxylic acids is 2. The van der Waals surface area contributed by atoms with E-state index in [2.05, 4.69) is 10.3 Å². The number of likely N-dealkylation sites (tertiary alicyclic amines) is 1. The molecule has 0 radical (unpaired) electrons. The molecule has 0 aliphatic carbocycles. The van der Waals surface area contributed by atoms with E-state index in [1.54, 1.807) is 11.0 Å². The Morgan fingerprint density at radius 2 is 1.82 bits per heavy atom. The summed E-state index contributed by atoms with van der Waals surface area (Å²) in [7, 11) is 0. The van der Waals surface area contributed by atoms with Gasteiger partial charge in [0.25, 0.3) is 11.8 Å². The summed E-state index contributed by atoms with van der Waals surface area (Å²) in [6, 6.07) is 6.57. The van der Waals surface area contributed by atoms with E-state index in [4.69, 9.17) is 0 Å². The fraction of sp³-hybridized carbons (Fsp3) is 0.381. The summed E-state index contributed by atoms with van der Waals surface area (Å²) >= 11 is 0. The number of aromatic nitrogens is 1. The lowest BCUT2D eigenvalue weighted by Crippen LogP contribution is -2.39. The van der Waals surface area contributed by atoms with Crippen molar-refractivity contribution in [3.8, 4) is 0 Å². The molecule has 2 heterocycles. The highest BCUT2D eigenvalue weighted by Crippen LogP contribution is 2.30. The number of nitrogens with zero attached hydrogens (tertiary/aromatic N) is 2. The highest BCUT2D eigenvalue weighted by molar-refractivity contribution is 5.96. The molecule has 3 rings (SSSR count). The van der Waals surface area contributed by atoms with E-state index in [0.717, 1.165) is 23.5 Å². The van der Waals surface area contributed by atoms with Crippen molar-refractivity contribution in [1.82, 2.24) is 15.2 Å². The smallest absolute Gasteiger partial charge is 0.256 e. The zero-order chi connectivity index (χ0) is 20.3. The Labute approximate surface area is 162 Å². The Morgan fingerprint density at radius 3 is 2.46 bits per heavy atom. The van der Waals surface area contributed by atoms with Crippen molar-refractivity contribution >= 4 is 11.8 Å². The van der Waals surface area contributed by atoms with Gasteiger partial charge >= 0.3 is 0 Å². The summed E-state index contributed by atoms with van der Waals surface area (Å²) in [5.74, 6) is -2.13. The highest BCUT2D eigenvalue weighted by Gasteiger charge is 2.29. The standard InChI is InChI=1S/C21H23F2N3O2/c1-3-24-20(27)17-6-4-13(2)25-19(17)14-8-10-26(11-9-14)21(28)16-7-5-15(22)12-18(16)23/h4-7,12,14H,3,8-11H2,1-2H3,(H,24,27). The molecule has 7 heteroatoms. The maximum absolute atomic E-state index is 13.9. The summed E-state index contributed by atoms with van der Waals surface area (Å²) in [6.45, 7) is 5.11. The van der Waals surface area contributed by atoms with Gasteiger partial charge in [0.15, 0.2) is 0 Å². The van der Waals surface area contributed by atoms with Crippen LogP contribution in [0.15, 0.2) is 30.3 Å². The highest BCUT2D eigenvalue weighted by atomic mass is 19.1. The topological polar surface area (TPSA) is 62.3 Å². The monoisotopic (exact) mass is 387 g/mol. The number of nitrogens with one attached hydrogen (secondary N) is 1. The molecular formula is C21H23F2N3O2. The number of hydrogen-bond donors (Lipinski definition) is 1. The molecule has 1 aromatic carbocycles. The molecule has 148 valence electrons.